The first kappa shape index (κ1) is 15.5. The molecule has 1 amide bonds. The molecule has 0 saturated heterocycles. The van der Waals surface area contributed by atoms with E-state index in [1.165, 1.54) is 6.21 Å². The number of aromatic nitrogens is 2. The number of carbonyl (C=O) groups excluding carboxylic acids is 1. The summed E-state index contributed by atoms with van der Waals surface area (Å²) in [4.78, 5) is 12.2. The third kappa shape index (κ3) is 3.05. The van der Waals surface area contributed by atoms with E-state index < -0.39 is 0 Å². The average molecular weight is 324 g/mol. The van der Waals surface area contributed by atoms with Gasteiger partial charge in [0.15, 0.2) is 17.2 Å². The highest BCUT2D eigenvalue weighted by atomic mass is 16.5. The molecule has 1 heterocycles. The Hall–Kier alpha value is -3.35. The van der Waals surface area contributed by atoms with E-state index in [1.54, 1.807) is 32.4 Å². The van der Waals surface area contributed by atoms with E-state index in [0.717, 1.165) is 16.5 Å². The number of rotatable bonds is 5. The van der Waals surface area contributed by atoms with Gasteiger partial charge in [-0.1, -0.05) is 18.2 Å². The molecule has 122 valence electrons. The van der Waals surface area contributed by atoms with E-state index in [-0.39, 0.29) is 5.91 Å². The van der Waals surface area contributed by atoms with Crippen LogP contribution in [0, 0.1) is 0 Å². The van der Waals surface area contributed by atoms with Crippen molar-refractivity contribution in [2.45, 2.75) is 0 Å². The molecule has 24 heavy (non-hydrogen) atoms. The largest absolute Gasteiger partial charge is 0.493 e. The second-order valence-corrected chi connectivity index (χ2v) is 4.93. The molecular weight excluding hydrogens is 308 g/mol. The summed E-state index contributed by atoms with van der Waals surface area (Å²) in [5, 5.41) is 11.5. The van der Waals surface area contributed by atoms with E-state index in [2.05, 4.69) is 20.7 Å². The number of hydrogen-bond acceptors (Lipinski definition) is 5. The minimum Gasteiger partial charge on any atom is -0.493 e. The van der Waals surface area contributed by atoms with Crippen LogP contribution >= 0.6 is 0 Å². The summed E-state index contributed by atoms with van der Waals surface area (Å²) in [7, 11) is 3.13. The fourth-order valence-electron chi connectivity index (χ4n) is 2.29. The smallest absolute Gasteiger partial charge is 0.292 e. The topological polar surface area (TPSA) is 88.6 Å². The first-order chi connectivity index (χ1) is 11.7. The molecular formula is C17H16N4O3. The molecule has 0 aliphatic heterocycles. The number of fused-ring (bicyclic) bond motifs is 1. The van der Waals surface area contributed by atoms with Gasteiger partial charge in [-0.3, -0.25) is 9.89 Å². The van der Waals surface area contributed by atoms with Crippen molar-refractivity contribution in [3.05, 3.63) is 53.7 Å². The average Bonchev–Trinajstić information content (AvgIpc) is 3.05. The summed E-state index contributed by atoms with van der Waals surface area (Å²) in [6, 6.07) is 12.7. The van der Waals surface area contributed by atoms with Gasteiger partial charge in [0.05, 0.1) is 26.0 Å². The summed E-state index contributed by atoms with van der Waals surface area (Å²) in [5.74, 6) is 0.830. The summed E-state index contributed by atoms with van der Waals surface area (Å²) in [5.41, 5.74) is 4.33. The highest BCUT2D eigenvalue weighted by Gasteiger charge is 2.12. The van der Waals surface area contributed by atoms with Gasteiger partial charge in [-0.05, 0) is 29.8 Å². The molecule has 0 saturated carbocycles. The first-order valence-corrected chi connectivity index (χ1v) is 7.21. The minimum absolute atomic E-state index is 0.301. The van der Waals surface area contributed by atoms with E-state index in [9.17, 15) is 4.79 Å². The second kappa shape index (κ2) is 6.82. The quantitative estimate of drug-likeness (QED) is 0.557. The Morgan fingerprint density at radius 2 is 1.96 bits per heavy atom. The van der Waals surface area contributed by atoms with Gasteiger partial charge in [0.1, 0.15) is 0 Å². The van der Waals surface area contributed by atoms with Crippen molar-refractivity contribution in [3.63, 3.8) is 0 Å². The molecule has 7 nitrogen and oxygen atoms in total. The summed E-state index contributed by atoms with van der Waals surface area (Å²) in [6.07, 6.45) is 1.52. The molecule has 1 aromatic heterocycles. The zero-order chi connectivity index (χ0) is 16.9. The number of amides is 1. The minimum atomic E-state index is -0.385. The van der Waals surface area contributed by atoms with Crippen LogP contribution in [0.25, 0.3) is 10.9 Å². The van der Waals surface area contributed by atoms with Crippen LogP contribution in [0.4, 0.5) is 0 Å². The van der Waals surface area contributed by atoms with Gasteiger partial charge in [-0.15, -0.1) is 0 Å². The van der Waals surface area contributed by atoms with Crippen LogP contribution < -0.4 is 14.9 Å². The number of methoxy groups -OCH3 is 2. The number of aromatic amines is 1. The lowest BCUT2D eigenvalue weighted by molar-refractivity contribution is 0.0951. The zero-order valence-electron chi connectivity index (χ0n) is 13.2. The molecule has 3 rings (SSSR count). The summed E-state index contributed by atoms with van der Waals surface area (Å²) in [6.45, 7) is 0. The monoisotopic (exact) mass is 324 g/mol. The number of carbonyl (C=O) groups is 1. The summed E-state index contributed by atoms with van der Waals surface area (Å²) < 4.78 is 10.4. The predicted molar refractivity (Wildman–Crippen MR) is 90.7 cm³/mol. The van der Waals surface area contributed by atoms with Gasteiger partial charge < -0.3 is 9.47 Å². The lowest BCUT2D eigenvalue weighted by Crippen LogP contribution is -2.18. The van der Waals surface area contributed by atoms with E-state index in [0.29, 0.717) is 17.2 Å². The molecule has 0 aliphatic rings. The molecule has 0 fully saturated rings. The van der Waals surface area contributed by atoms with E-state index in [4.69, 9.17) is 9.47 Å². The standard InChI is InChI=1S/C17H16N4O3/c1-23-14-8-7-11(9-15(14)24-2)10-18-21-17(22)16-12-5-3-4-6-13(12)19-20-16/h3-10H,1-2H3,(H,19,20)(H,21,22)/b18-10+. The number of ether oxygens (including phenoxy) is 2. The van der Waals surface area contributed by atoms with E-state index in [1.807, 2.05) is 24.3 Å². The number of nitrogens with one attached hydrogen (secondary N) is 2. The lowest BCUT2D eigenvalue weighted by Gasteiger charge is -2.07. The maximum Gasteiger partial charge on any atom is 0.292 e. The SMILES string of the molecule is COc1ccc(/C=N/NC(=O)c2n[nH]c3ccccc23)cc1OC. The number of H-pyrrole nitrogens is 1. The highest BCUT2D eigenvalue weighted by molar-refractivity contribution is 6.04. The number of hydrogen-bond donors (Lipinski definition) is 2. The molecule has 0 unspecified atom stereocenters. The third-order valence-electron chi connectivity index (χ3n) is 3.47. The number of benzene rings is 2. The van der Waals surface area contributed by atoms with Gasteiger partial charge in [-0.25, -0.2) is 5.43 Å². The fourth-order valence-corrected chi connectivity index (χ4v) is 2.29. The van der Waals surface area contributed by atoms with Crippen molar-refractivity contribution in [2.24, 2.45) is 5.10 Å². The fraction of sp³-hybridized carbons (Fsp3) is 0.118. The second-order valence-electron chi connectivity index (χ2n) is 4.93. The van der Waals surface area contributed by atoms with Crippen LogP contribution in [-0.2, 0) is 0 Å². The van der Waals surface area contributed by atoms with E-state index >= 15 is 0 Å². The van der Waals surface area contributed by atoms with Crippen molar-refractivity contribution in [2.75, 3.05) is 14.2 Å². The Morgan fingerprint density at radius 3 is 2.75 bits per heavy atom. The first-order valence-electron chi connectivity index (χ1n) is 7.21. The molecule has 0 spiro atoms. The van der Waals surface area contributed by atoms with Crippen LogP contribution in [0.3, 0.4) is 0 Å². The Kier molecular flexibility index (Phi) is 4.42. The molecule has 7 heteroatoms. The number of hydrazone groups is 1. The van der Waals surface area contributed by atoms with Crippen LogP contribution in [0.5, 0.6) is 11.5 Å². The van der Waals surface area contributed by atoms with Gasteiger partial charge in [0.25, 0.3) is 5.91 Å². The van der Waals surface area contributed by atoms with Crippen LogP contribution in [0.1, 0.15) is 16.1 Å². The molecule has 0 aliphatic carbocycles. The molecule has 0 bridgehead atoms. The maximum atomic E-state index is 12.2. The Morgan fingerprint density at radius 1 is 1.17 bits per heavy atom. The zero-order valence-corrected chi connectivity index (χ0v) is 13.2. The number of nitrogens with zero attached hydrogens (tertiary/aromatic N) is 2. The predicted octanol–water partition coefficient (Wildman–Crippen LogP) is 2.34. The Labute approximate surface area is 138 Å². The van der Waals surface area contributed by atoms with Gasteiger partial charge in [-0.2, -0.15) is 10.2 Å². The van der Waals surface area contributed by atoms with Gasteiger partial charge in [0, 0.05) is 5.39 Å². The lowest BCUT2D eigenvalue weighted by atomic mass is 10.2. The highest BCUT2D eigenvalue weighted by Crippen LogP contribution is 2.26. The molecule has 2 aromatic carbocycles. The Bertz CT molecular complexity index is 902. The van der Waals surface area contributed by atoms with Crippen LogP contribution in [-0.4, -0.2) is 36.5 Å². The normalized spacial score (nSPS) is 10.9. The van der Waals surface area contributed by atoms with Gasteiger partial charge in [0.2, 0.25) is 0 Å². The van der Waals surface area contributed by atoms with Crippen LogP contribution in [0.2, 0.25) is 0 Å². The third-order valence-corrected chi connectivity index (χ3v) is 3.47. The number of para-hydroxylation sites is 1. The van der Waals surface area contributed by atoms with Crippen molar-refractivity contribution in [1.29, 1.82) is 0 Å². The van der Waals surface area contributed by atoms with Crippen LogP contribution in [0.15, 0.2) is 47.6 Å². The Balaban J connectivity index is 1.73. The van der Waals surface area contributed by atoms with Gasteiger partial charge >= 0.3 is 0 Å². The van der Waals surface area contributed by atoms with Crippen molar-refractivity contribution >= 4 is 23.0 Å². The molecule has 0 radical (unpaired) electrons. The van der Waals surface area contributed by atoms with Crippen molar-refractivity contribution in [1.82, 2.24) is 15.6 Å². The molecule has 2 N–H and O–H groups in total. The van der Waals surface area contributed by atoms with Crippen molar-refractivity contribution in [3.8, 4) is 11.5 Å². The van der Waals surface area contributed by atoms with Crippen molar-refractivity contribution < 1.29 is 14.3 Å². The maximum absolute atomic E-state index is 12.2. The molecule has 0 atom stereocenters. The summed E-state index contributed by atoms with van der Waals surface area (Å²) >= 11 is 0. The molecule has 3 aromatic rings.